The molecule has 1 aliphatic carbocycles. The molecule has 1 aliphatic rings. The fourth-order valence-electron chi connectivity index (χ4n) is 2.83. The molecule has 1 heteroatoms. The van der Waals surface area contributed by atoms with E-state index in [1.54, 1.807) is 0 Å². The summed E-state index contributed by atoms with van der Waals surface area (Å²) in [7, 11) is 0. The zero-order chi connectivity index (χ0) is 15.2. The highest BCUT2D eigenvalue weighted by Gasteiger charge is 2.16. The Kier molecular flexibility index (Phi) is 4.65. The molecule has 1 nitrogen and oxygen atoms in total. The molecule has 0 saturated heterocycles. The highest BCUT2D eigenvalue weighted by atomic mass is 16.1. The Morgan fingerprint density at radius 2 is 1.18 bits per heavy atom. The lowest BCUT2D eigenvalue weighted by Gasteiger charge is -2.02. The monoisotopic (exact) mass is 288 g/mol. The van der Waals surface area contributed by atoms with Crippen molar-refractivity contribution in [3.8, 4) is 0 Å². The Balaban J connectivity index is 1.77. The zero-order valence-corrected chi connectivity index (χ0v) is 12.7. The Hall–Kier alpha value is -2.41. The summed E-state index contributed by atoms with van der Waals surface area (Å²) in [4.78, 5) is 12.3. The van der Waals surface area contributed by atoms with E-state index >= 15 is 0 Å². The van der Waals surface area contributed by atoms with Crippen LogP contribution >= 0.6 is 0 Å². The second-order valence-corrected chi connectivity index (χ2v) is 5.72. The minimum Gasteiger partial charge on any atom is -0.295 e. The molecule has 0 N–H and O–H groups in total. The highest BCUT2D eigenvalue weighted by molar-refractivity contribution is 6.00. The van der Waals surface area contributed by atoms with E-state index in [1.165, 1.54) is 11.1 Å². The van der Waals surface area contributed by atoms with Crippen LogP contribution in [0.1, 0.15) is 36.8 Å². The minimum absolute atomic E-state index is 0.292. The average Bonchev–Trinajstić information content (AvgIpc) is 2.73. The van der Waals surface area contributed by atoms with Crippen molar-refractivity contribution in [1.82, 2.24) is 0 Å². The third-order valence-corrected chi connectivity index (χ3v) is 4.06. The number of allylic oxidation sites excluding steroid dienone is 2. The topological polar surface area (TPSA) is 17.1 Å². The van der Waals surface area contributed by atoms with Crippen molar-refractivity contribution in [2.75, 3.05) is 0 Å². The van der Waals surface area contributed by atoms with Gasteiger partial charge < -0.3 is 0 Å². The molecule has 0 spiro atoms. The summed E-state index contributed by atoms with van der Waals surface area (Å²) >= 11 is 0. The van der Waals surface area contributed by atoms with Crippen molar-refractivity contribution in [3.05, 3.63) is 82.9 Å². The molecule has 2 aromatic carbocycles. The van der Waals surface area contributed by atoms with Gasteiger partial charge in [-0.15, -0.1) is 0 Å². The molecule has 0 atom stereocenters. The van der Waals surface area contributed by atoms with E-state index in [0.29, 0.717) is 12.2 Å². The van der Waals surface area contributed by atoms with Gasteiger partial charge in [-0.3, -0.25) is 4.79 Å². The molecule has 1 saturated carbocycles. The van der Waals surface area contributed by atoms with Gasteiger partial charge in [0.15, 0.2) is 5.78 Å². The van der Waals surface area contributed by atoms with Gasteiger partial charge in [0.05, 0.1) is 0 Å². The van der Waals surface area contributed by atoms with E-state index in [4.69, 9.17) is 0 Å². The number of hydrogen-bond acceptors (Lipinski definition) is 1. The first kappa shape index (κ1) is 14.5. The molecular formula is C21H20O. The van der Waals surface area contributed by atoms with Gasteiger partial charge >= 0.3 is 0 Å². The lowest BCUT2D eigenvalue weighted by Crippen LogP contribution is -1.99. The third kappa shape index (κ3) is 3.82. The number of carbonyl (C=O) groups is 1. The summed E-state index contributed by atoms with van der Waals surface area (Å²) in [5.74, 6) is 0.292. The molecule has 0 aromatic heterocycles. The standard InChI is InChI=1S/C21H20O/c22-21-14-12-19(15-17-7-3-1-4-8-17)11-13-20(21)16-18-9-5-2-6-10-18/h1-10,15-16H,11-14H2. The molecule has 0 aliphatic heterocycles. The van der Waals surface area contributed by atoms with Crippen LogP contribution in [0.25, 0.3) is 12.2 Å². The van der Waals surface area contributed by atoms with Crippen LogP contribution in [0.5, 0.6) is 0 Å². The lowest BCUT2D eigenvalue weighted by molar-refractivity contribution is -0.115. The van der Waals surface area contributed by atoms with Crippen molar-refractivity contribution in [3.63, 3.8) is 0 Å². The molecule has 0 heterocycles. The fourth-order valence-corrected chi connectivity index (χ4v) is 2.83. The summed E-state index contributed by atoms with van der Waals surface area (Å²) in [5, 5.41) is 0. The van der Waals surface area contributed by atoms with E-state index < -0.39 is 0 Å². The van der Waals surface area contributed by atoms with Crippen LogP contribution < -0.4 is 0 Å². The Morgan fingerprint density at radius 1 is 0.636 bits per heavy atom. The van der Waals surface area contributed by atoms with E-state index in [9.17, 15) is 4.79 Å². The van der Waals surface area contributed by atoms with E-state index in [2.05, 4.69) is 30.3 Å². The van der Waals surface area contributed by atoms with Crippen LogP contribution in [0.15, 0.2) is 71.8 Å². The summed E-state index contributed by atoms with van der Waals surface area (Å²) in [6, 6.07) is 20.5. The van der Waals surface area contributed by atoms with Crippen molar-refractivity contribution in [1.29, 1.82) is 0 Å². The molecule has 0 bridgehead atoms. The molecule has 0 amide bonds. The maximum Gasteiger partial charge on any atom is 0.159 e. The normalized spacial score (nSPS) is 19.4. The molecule has 110 valence electrons. The predicted octanol–water partition coefficient (Wildman–Crippen LogP) is 5.30. The number of rotatable bonds is 2. The number of Topliss-reactive ketones (excluding diaryl/α,β-unsaturated/α-hetero) is 1. The molecule has 2 aromatic rings. The molecular weight excluding hydrogens is 268 g/mol. The van der Waals surface area contributed by atoms with Gasteiger partial charge in [0.25, 0.3) is 0 Å². The Labute approximate surface area is 132 Å². The molecule has 3 rings (SSSR count). The summed E-state index contributed by atoms with van der Waals surface area (Å²) in [6.45, 7) is 0. The first-order valence-electron chi connectivity index (χ1n) is 7.84. The van der Waals surface area contributed by atoms with Gasteiger partial charge in [0.1, 0.15) is 0 Å². The number of ketones is 1. The largest absolute Gasteiger partial charge is 0.295 e. The number of hydrogen-bond donors (Lipinski definition) is 0. The van der Waals surface area contributed by atoms with E-state index in [0.717, 1.165) is 30.4 Å². The van der Waals surface area contributed by atoms with Crippen LogP contribution in [-0.4, -0.2) is 5.78 Å². The second-order valence-electron chi connectivity index (χ2n) is 5.72. The van der Waals surface area contributed by atoms with Crippen molar-refractivity contribution >= 4 is 17.9 Å². The Morgan fingerprint density at radius 3 is 1.82 bits per heavy atom. The van der Waals surface area contributed by atoms with Gasteiger partial charge in [-0.2, -0.15) is 0 Å². The number of benzene rings is 2. The first-order chi connectivity index (χ1) is 10.8. The van der Waals surface area contributed by atoms with Gasteiger partial charge in [0, 0.05) is 6.42 Å². The minimum atomic E-state index is 0.292. The predicted molar refractivity (Wildman–Crippen MR) is 92.3 cm³/mol. The first-order valence-corrected chi connectivity index (χ1v) is 7.84. The summed E-state index contributed by atoms with van der Waals surface area (Å²) < 4.78 is 0. The second kappa shape index (κ2) is 7.04. The molecule has 1 fully saturated rings. The quantitative estimate of drug-likeness (QED) is 0.541. The van der Waals surface area contributed by atoms with Gasteiger partial charge in [0.2, 0.25) is 0 Å². The van der Waals surface area contributed by atoms with Crippen LogP contribution in [0, 0.1) is 0 Å². The highest BCUT2D eigenvalue weighted by Crippen LogP contribution is 2.27. The van der Waals surface area contributed by atoms with Crippen LogP contribution in [0.4, 0.5) is 0 Å². The zero-order valence-electron chi connectivity index (χ0n) is 12.7. The van der Waals surface area contributed by atoms with Crippen molar-refractivity contribution < 1.29 is 4.79 Å². The van der Waals surface area contributed by atoms with Crippen molar-refractivity contribution in [2.45, 2.75) is 25.7 Å². The van der Waals surface area contributed by atoms with Crippen LogP contribution in [-0.2, 0) is 4.79 Å². The van der Waals surface area contributed by atoms with Gasteiger partial charge in [-0.05, 0) is 42.0 Å². The lowest BCUT2D eigenvalue weighted by atomic mass is 10.0. The molecule has 0 unspecified atom stereocenters. The van der Waals surface area contributed by atoms with Crippen molar-refractivity contribution in [2.24, 2.45) is 0 Å². The fraction of sp³-hybridized carbons (Fsp3) is 0.190. The summed E-state index contributed by atoms with van der Waals surface area (Å²) in [6.07, 6.45) is 7.59. The maximum absolute atomic E-state index is 12.3. The smallest absolute Gasteiger partial charge is 0.159 e. The summed E-state index contributed by atoms with van der Waals surface area (Å²) in [5.41, 5.74) is 4.67. The Bertz CT molecular complexity index is 693. The maximum atomic E-state index is 12.3. The van der Waals surface area contributed by atoms with Gasteiger partial charge in [-0.25, -0.2) is 0 Å². The SMILES string of the molecule is O=C1CCC(=Cc2ccccc2)CCC1=Cc1ccccc1. The van der Waals surface area contributed by atoms with E-state index in [1.807, 2.05) is 42.5 Å². The van der Waals surface area contributed by atoms with Crippen LogP contribution in [0.3, 0.4) is 0 Å². The molecule has 22 heavy (non-hydrogen) atoms. The third-order valence-electron chi connectivity index (χ3n) is 4.06. The molecule has 0 radical (unpaired) electrons. The van der Waals surface area contributed by atoms with Crippen LogP contribution in [0.2, 0.25) is 0 Å². The van der Waals surface area contributed by atoms with Gasteiger partial charge in [-0.1, -0.05) is 72.3 Å². The number of carbonyl (C=O) groups excluding carboxylic acids is 1. The average molecular weight is 288 g/mol. The van der Waals surface area contributed by atoms with E-state index in [-0.39, 0.29) is 0 Å².